The largest absolute Gasteiger partial charge is 0.299 e. The van der Waals surface area contributed by atoms with Crippen molar-refractivity contribution in [2.45, 2.75) is 58.0 Å². The predicted octanol–water partition coefficient (Wildman–Crippen LogP) is 3.32. The van der Waals surface area contributed by atoms with Crippen molar-refractivity contribution in [3.8, 4) is 11.8 Å². The first-order chi connectivity index (χ1) is 9.81. The third-order valence-electron chi connectivity index (χ3n) is 4.06. The summed E-state index contributed by atoms with van der Waals surface area (Å²) in [7, 11) is 2.23. The van der Waals surface area contributed by atoms with E-state index >= 15 is 0 Å². The van der Waals surface area contributed by atoms with E-state index in [2.05, 4.69) is 59.8 Å². The molecule has 0 bridgehead atoms. The Hall–Kier alpha value is -1.33. The van der Waals surface area contributed by atoms with E-state index < -0.39 is 0 Å². The third kappa shape index (κ3) is 4.35. The first kappa shape index (κ1) is 15.1. The standard InChI is InChI=1S/C18H27N2/c1-3-4-5-6-7-8-14-20-15-9-11-17(16-20)18-12-10-13-19(18)2/h9,11,15-16,18H,3-5,8,10,12-14H2,1-2H3/q+1. The van der Waals surface area contributed by atoms with Crippen LogP contribution in [-0.2, 0) is 6.54 Å². The molecule has 2 heterocycles. The maximum absolute atomic E-state index is 3.29. The molecular formula is C18H27N2+. The van der Waals surface area contributed by atoms with Crippen LogP contribution in [-0.4, -0.2) is 18.5 Å². The summed E-state index contributed by atoms with van der Waals surface area (Å²) in [6, 6.07) is 5.04. The molecule has 108 valence electrons. The van der Waals surface area contributed by atoms with Gasteiger partial charge in [-0.05, 0) is 38.9 Å². The second kappa shape index (κ2) is 8.07. The van der Waals surface area contributed by atoms with Crippen LogP contribution in [0.5, 0.6) is 0 Å². The summed E-state index contributed by atoms with van der Waals surface area (Å²) in [6.07, 6.45) is 11.5. The molecule has 1 aromatic heterocycles. The zero-order valence-electron chi connectivity index (χ0n) is 12.9. The fourth-order valence-corrected chi connectivity index (χ4v) is 2.84. The van der Waals surface area contributed by atoms with E-state index in [1.807, 2.05) is 0 Å². The van der Waals surface area contributed by atoms with Gasteiger partial charge in [0, 0.05) is 24.1 Å². The van der Waals surface area contributed by atoms with Gasteiger partial charge in [-0.15, -0.1) is 5.92 Å². The molecule has 0 N–H and O–H groups in total. The average molecular weight is 271 g/mol. The number of unbranched alkanes of at least 4 members (excludes halogenated alkanes) is 2. The van der Waals surface area contributed by atoms with Crippen molar-refractivity contribution in [3.05, 3.63) is 30.1 Å². The maximum atomic E-state index is 3.29. The number of hydrogen-bond acceptors (Lipinski definition) is 1. The molecule has 1 aliphatic heterocycles. The normalized spacial score (nSPS) is 18.8. The van der Waals surface area contributed by atoms with E-state index in [0.717, 1.165) is 19.4 Å². The monoisotopic (exact) mass is 271 g/mol. The molecule has 0 saturated carbocycles. The summed E-state index contributed by atoms with van der Waals surface area (Å²) < 4.78 is 2.29. The van der Waals surface area contributed by atoms with Crippen LogP contribution in [0, 0.1) is 11.8 Å². The van der Waals surface area contributed by atoms with Crippen molar-refractivity contribution in [2.24, 2.45) is 0 Å². The fraction of sp³-hybridized carbons (Fsp3) is 0.611. The van der Waals surface area contributed by atoms with Crippen LogP contribution in [0.2, 0.25) is 0 Å². The molecule has 1 saturated heterocycles. The quantitative estimate of drug-likeness (QED) is 0.453. The molecule has 0 amide bonds. The third-order valence-corrected chi connectivity index (χ3v) is 4.06. The first-order valence-corrected chi connectivity index (χ1v) is 7.96. The van der Waals surface area contributed by atoms with Crippen molar-refractivity contribution in [1.82, 2.24) is 4.90 Å². The van der Waals surface area contributed by atoms with Crippen molar-refractivity contribution in [1.29, 1.82) is 0 Å². The van der Waals surface area contributed by atoms with E-state index in [1.165, 1.54) is 37.8 Å². The van der Waals surface area contributed by atoms with E-state index in [0.29, 0.717) is 6.04 Å². The lowest BCUT2D eigenvalue weighted by atomic mass is 10.1. The van der Waals surface area contributed by atoms with Crippen molar-refractivity contribution >= 4 is 0 Å². The maximum Gasteiger partial charge on any atom is 0.173 e. The molecule has 0 spiro atoms. The first-order valence-electron chi connectivity index (χ1n) is 7.96. The van der Waals surface area contributed by atoms with Gasteiger partial charge in [-0.1, -0.05) is 19.3 Å². The number of pyridine rings is 1. The van der Waals surface area contributed by atoms with E-state index in [-0.39, 0.29) is 0 Å². The Morgan fingerprint density at radius 3 is 2.95 bits per heavy atom. The SMILES string of the molecule is CCCCC#CCC[n+]1cccc(C2CCCN2C)c1. The molecule has 2 heteroatoms. The lowest BCUT2D eigenvalue weighted by molar-refractivity contribution is -0.696. The molecule has 0 radical (unpaired) electrons. The minimum absolute atomic E-state index is 0.609. The van der Waals surface area contributed by atoms with Crippen LogP contribution in [0.4, 0.5) is 0 Å². The molecule has 1 aromatic rings. The Morgan fingerprint density at radius 2 is 2.20 bits per heavy atom. The highest BCUT2D eigenvalue weighted by atomic mass is 15.1. The Bertz CT molecular complexity index is 470. The molecule has 0 aromatic carbocycles. The van der Waals surface area contributed by atoms with Crippen LogP contribution in [0.1, 0.15) is 57.1 Å². The summed E-state index contributed by atoms with van der Waals surface area (Å²) in [5.41, 5.74) is 1.45. The average Bonchev–Trinajstić information content (AvgIpc) is 2.89. The molecule has 1 aliphatic rings. The summed E-state index contributed by atoms with van der Waals surface area (Å²) >= 11 is 0. The van der Waals surface area contributed by atoms with Crippen LogP contribution < -0.4 is 4.57 Å². The number of nitrogens with zero attached hydrogens (tertiary/aromatic N) is 2. The zero-order valence-corrected chi connectivity index (χ0v) is 12.9. The van der Waals surface area contributed by atoms with Gasteiger partial charge in [0.1, 0.15) is 0 Å². The molecule has 0 aliphatic carbocycles. The van der Waals surface area contributed by atoms with Gasteiger partial charge in [0.05, 0.1) is 6.42 Å². The van der Waals surface area contributed by atoms with Gasteiger partial charge in [-0.25, -0.2) is 4.57 Å². The smallest absolute Gasteiger partial charge is 0.173 e. The summed E-state index contributed by atoms with van der Waals surface area (Å²) in [4.78, 5) is 2.46. The highest BCUT2D eigenvalue weighted by Crippen LogP contribution is 2.29. The number of aromatic nitrogens is 1. The molecule has 1 unspecified atom stereocenters. The lowest BCUT2D eigenvalue weighted by Gasteiger charge is -2.18. The van der Waals surface area contributed by atoms with Crippen LogP contribution in [0.25, 0.3) is 0 Å². The fourth-order valence-electron chi connectivity index (χ4n) is 2.84. The number of likely N-dealkylation sites (tertiary alicyclic amines) is 1. The van der Waals surface area contributed by atoms with Crippen LogP contribution >= 0.6 is 0 Å². The summed E-state index contributed by atoms with van der Waals surface area (Å²) in [5.74, 6) is 6.55. The highest BCUT2D eigenvalue weighted by molar-refractivity contribution is 5.12. The Morgan fingerprint density at radius 1 is 1.35 bits per heavy atom. The van der Waals surface area contributed by atoms with E-state index in [1.54, 1.807) is 0 Å². The Kier molecular flexibility index (Phi) is 6.08. The second-order valence-corrected chi connectivity index (χ2v) is 5.72. The van der Waals surface area contributed by atoms with Gasteiger partial charge in [0.15, 0.2) is 18.9 Å². The van der Waals surface area contributed by atoms with Crippen molar-refractivity contribution < 1.29 is 4.57 Å². The Balaban J connectivity index is 1.87. The number of rotatable bonds is 5. The molecule has 2 nitrogen and oxygen atoms in total. The molecular weight excluding hydrogens is 244 g/mol. The summed E-state index contributed by atoms with van der Waals surface area (Å²) in [6.45, 7) is 4.44. The topological polar surface area (TPSA) is 7.12 Å². The van der Waals surface area contributed by atoms with Gasteiger partial charge < -0.3 is 0 Å². The van der Waals surface area contributed by atoms with Crippen LogP contribution in [0.3, 0.4) is 0 Å². The lowest BCUT2D eigenvalue weighted by Crippen LogP contribution is -2.34. The highest BCUT2D eigenvalue weighted by Gasteiger charge is 2.24. The number of hydrogen-bond donors (Lipinski definition) is 0. The number of aryl methyl sites for hydroxylation is 1. The molecule has 2 rings (SSSR count). The van der Waals surface area contributed by atoms with Crippen molar-refractivity contribution in [2.75, 3.05) is 13.6 Å². The van der Waals surface area contributed by atoms with Crippen LogP contribution in [0.15, 0.2) is 24.5 Å². The Labute approximate surface area is 123 Å². The summed E-state index contributed by atoms with van der Waals surface area (Å²) in [5, 5.41) is 0. The minimum atomic E-state index is 0.609. The second-order valence-electron chi connectivity index (χ2n) is 5.72. The van der Waals surface area contributed by atoms with E-state index in [4.69, 9.17) is 0 Å². The van der Waals surface area contributed by atoms with E-state index in [9.17, 15) is 0 Å². The van der Waals surface area contributed by atoms with Gasteiger partial charge in [-0.3, -0.25) is 4.90 Å². The van der Waals surface area contributed by atoms with Gasteiger partial charge in [0.25, 0.3) is 0 Å². The predicted molar refractivity (Wildman–Crippen MR) is 83.2 cm³/mol. The van der Waals surface area contributed by atoms with Crippen molar-refractivity contribution in [3.63, 3.8) is 0 Å². The molecule has 1 fully saturated rings. The van der Waals surface area contributed by atoms with Gasteiger partial charge >= 0.3 is 0 Å². The molecule has 1 atom stereocenters. The van der Waals surface area contributed by atoms with Gasteiger partial charge in [0.2, 0.25) is 0 Å². The minimum Gasteiger partial charge on any atom is -0.299 e. The van der Waals surface area contributed by atoms with Gasteiger partial charge in [-0.2, -0.15) is 0 Å². The molecule has 20 heavy (non-hydrogen) atoms. The zero-order chi connectivity index (χ0) is 14.2.